The lowest BCUT2D eigenvalue weighted by molar-refractivity contribution is 0.628. The zero-order valence-corrected chi connectivity index (χ0v) is 14.4. The first-order valence-electron chi connectivity index (χ1n) is 8.75. The largest absolute Gasteiger partial charge is 0.361 e. The van der Waals surface area contributed by atoms with Crippen LogP contribution in [-0.2, 0) is 0 Å². The van der Waals surface area contributed by atoms with Crippen molar-refractivity contribution < 1.29 is 4.39 Å². The average Bonchev–Trinajstić information content (AvgIpc) is 3.36. The molecular weight excluding hydrogens is 337 g/mol. The molecule has 4 heteroatoms. The maximum absolute atomic E-state index is 13.4. The molecule has 0 aliphatic rings. The smallest absolute Gasteiger partial charge is 0.123 e. The summed E-state index contributed by atoms with van der Waals surface area (Å²) < 4.78 is 13.4. The third kappa shape index (κ3) is 2.62. The minimum Gasteiger partial charge on any atom is -0.361 e. The second kappa shape index (κ2) is 6.25. The fourth-order valence-electron chi connectivity index (χ4n) is 3.61. The quantitative estimate of drug-likeness (QED) is 0.408. The zero-order valence-electron chi connectivity index (χ0n) is 14.4. The third-order valence-corrected chi connectivity index (χ3v) is 4.86. The Morgan fingerprint density at radius 1 is 0.741 bits per heavy atom. The van der Waals surface area contributed by atoms with E-state index in [9.17, 15) is 4.39 Å². The van der Waals surface area contributed by atoms with Gasteiger partial charge in [0.05, 0.1) is 11.2 Å². The van der Waals surface area contributed by atoms with Crippen molar-refractivity contribution in [3.05, 3.63) is 91.3 Å². The molecule has 130 valence electrons. The highest BCUT2D eigenvalue weighted by Crippen LogP contribution is 2.41. The van der Waals surface area contributed by atoms with Crippen LogP contribution < -0.4 is 0 Å². The fraction of sp³-hybridized carbons (Fsp3) is 0. The third-order valence-electron chi connectivity index (χ3n) is 4.86. The summed E-state index contributed by atoms with van der Waals surface area (Å²) in [5, 5.41) is 1.16. The molecule has 27 heavy (non-hydrogen) atoms. The summed E-state index contributed by atoms with van der Waals surface area (Å²) in [5.74, 6) is -0.243. The van der Waals surface area contributed by atoms with Crippen molar-refractivity contribution in [3.63, 3.8) is 0 Å². The van der Waals surface area contributed by atoms with Gasteiger partial charge < -0.3 is 9.97 Å². The van der Waals surface area contributed by atoms with Gasteiger partial charge in [0.25, 0.3) is 0 Å². The molecule has 0 amide bonds. The van der Waals surface area contributed by atoms with E-state index in [0.29, 0.717) is 0 Å². The number of hydrogen-bond donors (Lipinski definition) is 2. The van der Waals surface area contributed by atoms with E-state index in [4.69, 9.17) is 0 Å². The van der Waals surface area contributed by atoms with Crippen molar-refractivity contribution in [2.45, 2.75) is 0 Å². The van der Waals surface area contributed by atoms with Gasteiger partial charge in [-0.2, -0.15) is 0 Å². The van der Waals surface area contributed by atoms with Crippen LogP contribution in [0.2, 0.25) is 0 Å². The summed E-state index contributed by atoms with van der Waals surface area (Å²) >= 11 is 0. The number of para-hydroxylation sites is 1. The summed E-state index contributed by atoms with van der Waals surface area (Å²) in [4.78, 5) is 10.9. The number of fused-ring (bicyclic) bond motifs is 1. The van der Waals surface area contributed by atoms with Crippen molar-refractivity contribution in [2.24, 2.45) is 0 Å². The predicted octanol–water partition coefficient (Wildman–Crippen LogP) is 6.03. The Bertz CT molecular complexity index is 1220. The van der Waals surface area contributed by atoms with Gasteiger partial charge in [0.1, 0.15) is 5.82 Å². The Hall–Kier alpha value is -3.66. The van der Waals surface area contributed by atoms with Gasteiger partial charge in [0, 0.05) is 41.5 Å². The Balaban J connectivity index is 1.80. The second-order valence-electron chi connectivity index (χ2n) is 6.44. The first kappa shape index (κ1) is 15.6. The molecule has 0 atom stereocenters. The van der Waals surface area contributed by atoms with Gasteiger partial charge in [-0.3, -0.25) is 4.98 Å². The lowest BCUT2D eigenvalue weighted by atomic mass is 9.94. The van der Waals surface area contributed by atoms with Crippen molar-refractivity contribution >= 4 is 10.9 Å². The lowest BCUT2D eigenvalue weighted by Crippen LogP contribution is -1.87. The van der Waals surface area contributed by atoms with Crippen LogP contribution in [0.4, 0.5) is 4.39 Å². The number of rotatable bonds is 3. The molecule has 3 aromatic heterocycles. The van der Waals surface area contributed by atoms with Crippen LogP contribution in [0.1, 0.15) is 0 Å². The number of aromatic amines is 2. The number of aromatic nitrogens is 3. The summed E-state index contributed by atoms with van der Waals surface area (Å²) in [7, 11) is 0. The fourth-order valence-corrected chi connectivity index (χ4v) is 3.61. The van der Waals surface area contributed by atoms with Crippen molar-refractivity contribution in [2.75, 3.05) is 0 Å². The highest BCUT2D eigenvalue weighted by molar-refractivity contribution is 6.01. The number of nitrogens with zero attached hydrogens (tertiary/aromatic N) is 1. The predicted molar refractivity (Wildman–Crippen MR) is 107 cm³/mol. The first-order valence-corrected chi connectivity index (χ1v) is 8.75. The molecule has 0 fully saturated rings. The van der Waals surface area contributed by atoms with Crippen molar-refractivity contribution in [1.29, 1.82) is 0 Å². The van der Waals surface area contributed by atoms with E-state index in [2.05, 4.69) is 39.2 Å². The molecule has 2 N–H and O–H groups in total. The maximum Gasteiger partial charge on any atom is 0.123 e. The van der Waals surface area contributed by atoms with Gasteiger partial charge in [-0.25, -0.2) is 4.39 Å². The van der Waals surface area contributed by atoms with Gasteiger partial charge >= 0.3 is 0 Å². The normalized spacial score (nSPS) is 11.1. The second-order valence-corrected chi connectivity index (χ2v) is 6.44. The van der Waals surface area contributed by atoms with E-state index >= 15 is 0 Å². The Morgan fingerprint density at radius 3 is 2.37 bits per heavy atom. The maximum atomic E-state index is 13.4. The Labute approximate surface area is 155 Å². The van der Waals surface area contributed by atoms with Crippen LogP contribution >= 0.6 is 0 Å². The van der Waals surface area contributed by atoms with E-state index in [1.54, 1.807) is 24.5 Å². The topological polar surface area (TPSA) is 44.5 Å². The molecule has 0 spiro atoms. The van der Waals surface area contributed by atoms with Crippen LogP contribution in [0.5, 0.6) is 0 Å². The lowest BCUT2D eigenvalue weighted by Gasteiger charge is -2.10. The number of pyridine rings is 1. The molecule has 3 heterocycles. The minimum atomic E-state index is -0.243. The van der Waals surface area contributed by atoms with E-state index < -0.39 is 0 Å². The molecule has 0 aliphatic heterocycles. The number of nitrogens with one attached hydrogen (secondary N) is 2. The molecule has 0 unspecified atom stereocenters. The molecule has 3 nitrogen and oxygen atoms in total. The van der Waals surface area contributed by atoms with E-state index in [1.807, 2.05) is 24.5 Å². The minimum absolute atomic E-state index is 0.243. The number of benzene rings is 2. The van der Waals surface area contributed by atoms with Crippen molar-refractivity contribution in [1.82, 2.24) is 15.0 Å². The molecule has 0 radical (unpaired) electrons. The SMILES string of the molecule is Fc1ccc(-c2[nH]cc(-c3cccc4cc[nH]c34)c2-c2ccncc2)cc1. The van der Waals surface area contributed by atoms with Gasteiger partial charge in [-0.15, -0.1) is 0 Å². The number of halogens is 1. The van der Waals surface area contributed by atoms with Gasteiger partial charge in [-0.05, 0) is 59.0 Å². The van der Waals surface area contributed by atoms with Crippen molar-refractivity contribution in [3.8, 4) is 33.5 Å². The Morgan fingerprint density at radius 2 is 1.56 bits per heavy atom. The number of hydrogen-bond acceptors (Lipinski definition) is 1. The van der Waals surface area contributed by atoms with Gasteiger partial charge in [0.2, 0.25) is 0 Å². The standard InChI is InChI=1S/C23H16FN3/c24-18-6-4-17(5-7-18)23-21(15-8-11-25-12-9-15)20(14-27-23)19-3-1-2-16-10-13-26-22(16)19/h1-14,26-27H. The van der Waals surface area contributed by atoms with E-state index in [-0.39, 0.29) is 5.82 Å². The van der Waals surface area contributed by atoms with Gasteiger partial charge in [0.15, 0.2) is 0 Å². The van der Waals surface area contributed by atoms with Crippen LogP contribution in [0, 0.1) is 5.82 Å². The Kier molecular flexibility index (Phi) is 3.61. The van der Waals surface area contributed by atoms with Crippen LogP contribution in [0.3, 0.4) is 0 Å². The monoisotopic (exact) mass is 353 g/mol. The molecule has 0 aliphatic carbocycles. The molecule has 5 rings (SSSR count). The molecular formula is C23H16FN3. The van der Waals surface area contributed by atoms with Crippen LogP contribution in [0.25, 0.3) is 44.4 Å². The molecule has 0 saturated carbocycles. The molecule has 0 saturated heterocycles. The first-order chi connectivity index (χ1) is 13.3. The molecule has 5 aromatic rings. The average molecular weight is 353 g/mol. The van der Waals surface area contributed by atoms with Crippen LogP contribution in [-0.4, -0.2) is 15.0 Å². The van der Waals surface area contributed by atoms with Gasteiger partial charge in [-0.1, -0.05) is 18.2 Å². The summed E-state index contributed by atoms with van der Waals surface area (Å²) in [6, 6.07) is 18.9. The summed E-state index contributed by atoms with van der Waals surface area (Å²) in [5.41, 5.74) is 7.34. The molecule has 2 aromatic carbocycles. The van der Waals surface area contributed by atoms with E-state index in [0.717, 1.165) is 44.4 Å². The summed E-state index contributed by atoms with van der Waals surface area (Å²) in [6.45, 7) is 0. The summed E-state index contributed by atoms with van der Waals surface area (Å²) in [6.07, 6.45) is 7.55. The molecule has 0 bridgehead atoms. The highest BCUT2D eigenvalue weighted by atomic mass is 19.1. The zero-order chi connectivity index (χ0) is 18.2. The van der Waals surface area contributed by atoms with E-state index in [1.165, 1.54) is 12.1 Å². The number of H-pyrrole nitrogens is 2. The highest BCUT2D eigenvalue weighted by Gasteiger charge is 2.18. The van der Waals surface area contributed by atoms with Crippen LogP contribution in [0.15, 0.2) is 85.5 Å².